The molecule has 0 spiro atoms. The van der Waals surface area contributed by atoms with Crippen molar-refractivity contribution in [3.63, 3.8) is 0 Å². The number of aliphatic hydroxyl groups excluding tert-OH is 1. The molecule has 2 aromatic rings. The van der Waals surface area contributed by atoms with E-state index in [9.17, 15) is 5.11 Å². The molecule has 0 fully saturated rings. The van der Waals surface area contributed by atoms with Crippen LogP contribution in [0.5, 0.6) is 0 Å². The Kier molecular flexibility index (Phi) is 10.0. The number of para-hydroxylation sites is 1. The smallest absolute Gasteiger partial charge is 0.142 e. The molecule has 0 aliphatic rings. The average Bonchev–Trinajstić information content (AvgIpc) is 3.11. The standard InChI is InChI=1S/C19H22ClN3OS.C2H6/c1-3-4-6-13(9-12(2)24)10-14-11-23-19(25-14)18(22)15-7-5-8-16(20)17(15)21;1-2/h4-9,11-12,22,24H,3,10,21H2,1-2H3;1-2H3/b6-4-,13-9+,22-18?;. The first-order valence-corrected chi connectivity index (χ1v) is 10.2. The molecule has 0 aliphatic carbocycles. The molecule has 146 valence electrons. The molecule has 2 rings (SSSR count). The highest BCUT2D eigenvalue weighted by atomic mass is 35.5. The predicted octanol–water partition coefficient (Wildman–Crippen LogP) is 5.64. The number of anilines is 1. The zero-order valence-corrected chi connectivity index (χ0v) is 17.9. The number of aliphatic hydroxyl groups is 1. The molecule has 4 N–H and O–H groups in total. The SMILES string of the molecule is CC.CC/C=C\C(=C/C(C)O)Cc1cnc(C(=N)c2cccc(Cl)c2N)s1. The van der Waals surface area contributed by atoms with Gasteiger partial charge in [-0.1, -0.05) is 62.7 Å². The number of nitrogen functional groups attached to an aromatic ring is 1. The van der Waals surface area contributed by atoms with Crippen LogP contribution in [-0.4, -0.2) is 21.9 Å². The number of allylic oxidation sites excluding steroid dienone is 3. The second-order valence-corrected chi connectivity index (χ2v) is 7.20. The van der Waals surface area contributed by atoms with Crippen LogP contribution in [-0.2, 0) is 6.42 Å². The molecule has 1 atom stereocenters. The Morgan fingerprint density at radius 1 is 1.41 bits per heavy atom. The second kappa shape index (κ2) is 11.7. The van der Waals surface area contributed by atoms with Gasteiger partial charge in [0.25, 0.3) is 0 Å². The predicted molar refractivity (Wildman–Crippen MR) is 118 cm³/mol. The van der Waals surface area contributed by atoms with Gasteiger partial charge >= 0.3 is 0 Å². The topological polar surface area (TPSA) is 83.0 Å². The largest absolute Gasteiger partial charge is 0.397 e. The normalized spacial score (nSPS) is 12.6. The van der Waals surface area contributed by atoms with Gasteiger partial charge in [0, 0.05) is 23.1 Å². The number of nitrogens with one attached hydrogen (secondary N) is 1. The highest BCUT2D eigenvalue weighted by Gasteiger charge is 2.14. The van der Waals surface area contributed by atoms with Gasteiger partial charge < -0.3 is 10.8 Å². The zero-order valence-electron chi connectivity index (χ0n) is 16.3. The van der Waals surface area contributed by atoms with Crippen molar-refractivity contribution in [1.82, 2.24) is 4.98 Å². The number of hydrogen-bond donors (Lipinski definition) is 3. The van der Waals surface area contributed by atoms with Gasteiger partial charge in [-0.3, -0.25) is 5.41 Å². The molecule has 0 saturated heterocycles. The lowest BCUT2D eigenvalue weighted by Crippen LogP contribution is -2.05. The monoisotopic (exact) mass is 405 g/mol. The average molecular weight is 406 g/mol. The van der Waals surface area contributed by atoms with Crippen LogP contribution in [0.4, 0.5) is 5.69 Å². The van der Waals surface area contributed by atoms with Gasteiger partial charge in [0.15, 0.2) is 0 Å². The summed E-state index contributed by atoms with van der Waals surface area (Å²) >= 11 is 7.49. The summed E-state index contributed by atoms with van der Waals surface area (Å²) in [5, 5.41) is 19.0. The first-order chi connectivity index (χ1) is 12.9. The highest BCUT2D eigenvalue weighted by molar-refractivity contribution is 7.13. The first kappa shape index (κ1) is 23.1. The molecule has 1 heterocycles. The van der Waals surface area contributed by atoms with Crippen molar-refractivity contribution in [1.29, 1.82) is 5.41 Å². The number of nitrogens with two attached hydrogens (primary N) is 1. The Hall–Kier alpha value is -1.95. The van der Waals surface area contributed by atoms with E-state index < -0.39 is 6.10 Å². The van der Waals surface area contributed by atoms with Crippen LogP contribution < -0.4 is 5.73 Å². The zero-order chi connectivity index (χ0) is 20.4. The summed E-state index contributed by atoms with van der Waals surface area (Å²) in [4.78, 5) is 5.38. The van der Waals surface area contributed by atoms with E-state index in [0.29, 0.717) is 27.7 Å². The highest BCUT2D eigenvalue weighted by Crippen LogP contribution is 2.27. The van der Waals surface area contributed by atoms with E-state index in [4.69, 9.17) is 22.7 Å². The Morgan fingerprint density at radius 3 is 2.74 bits per heavy atom. The molecule has 6 heteroatoms. The van der Waals surface area contributed by atoms with Gasteiger partial charge in [-0.15, -0.1) is 11.3 Å². The van der Waals surface area contributed by atoms with Crippen LogP contribution in [0.3, 0.4) is 0 Å². The van der Waals surface area contributed by atoms with Gasteiger partial charge in [0.1, 0.15) is 5.01 Å². The maximum absolute atomic E-state index is 9.62. The molecule has 1 aromatic heterocycles. The summed E-state index contributed by atoms with van der Waals surface area (Å²) in [5.74, 6) is 0. The molecule has 27 heavy (non-hydrogen) atoms. The molecule has 1 aromatic carbocycles. The lowest BCUT2D eigenvalue weighted by Gasteiger charge is -2.06. The second-order valence-electron chi connectivity index (χ2n) is 5.68. The minimum Gasteiger partial charge on any atom is -0.397 e. The number of aromatic nitrogens is 1. The van der Waals surface area contributed by atoms with Crippen molar-refractivity contribution in [2.24, 2.45) is 0 Å². The molecule has 1 unspecified atom stereocenters. The minimum atomic E-state index is -0.506. The fraction of sp³-hybridized carbons (Fsp3) is 0.333. The number of benzene rings is 1. The van der Waals surface area contributed by atoms with Crippen LogP contribution in [0, 0.1) is 5.41 Å². The quantitative estimate of drug-likeness (QED) is 0.316. The van der Waals surface area contributed by atoms with E-state index in [1.807, 2.05) is 26.0 Å². The Balaban J connectivity index is 0.00000176. The summed E-state index contributed by atoms with van der Waals surface area (Å²) in [6, 6.07) is 5.25. The maximum atomic E-state index is 9.62. The van der Waals surface area contributed by atoms with Gasteiger partial charge in [-0.05, 0) is 25.0 Å². The molecule has 0 bridgehead atoms. The maximum Gasteiger partial charge on any atom is 0.142 e. The number of halogens is 1. The third-order valence-electron chi connectivity index (χ3n) is 3.49. The summed E-state index contributed by atoms with van der Waals surface area (Å²) < 4.78 is 0. The molecule has 4 nitrogen and oxygen atoms in total. The van der Waals surface area contributed by atoms with Crippen molar-refractivity contribution in [3.05, 3.63) is 68.7 Å². The van der Waals surface area contributed by atoms with Crippen LogP contribution >= 0.6 is 22.9 Å². The van der Waals surface area contributed by atoms with Gasteiger partial charge in [0.05, 0.1) is 22.5 Å². The van der Waals surface area contributed by atoms with E-state index in [-0.39, 0.29) is 5.71 Å². The number of rotatable bonds is 7. The van der Waals surface area contributed by atoms with E-state index >= 15 is 0 Å². The van der Waals surface area contributed by atoms with Crippen LogP contribution in [0.1, 0.15) is 49.6 Å². The lowest BCUT2D eigenvalue weighted by molar-refractivity contribution is 0.243. The third kappa shape index (κ3) is 6.94. The van der Waals surface area contributed by atoms with E-state index in [2.05, 4.69) is 18.0 Å². The Bertz CT molecular complexity index is 810. The van der Waals surface area contributed by atoms with Crippen molar-refractivity contribution in [2.45, 2.75) is 46.6 Å². The number of nitrogens with zero attached hydrogens (tertiary/aromatic N) is 1. The summed E-state index contributed by atoms with van der Waals surface area (Å²) in [5.41, 5.74) is 8.25. The van der Waals surface area contributed by atoms with Crippen molar-refractivity contribution < 1.29 is 5.11 Å². The van der Waals surface area contributed by atoms with E-state index in [1.54, 1.807) is 31.3 Å². The van der Waals surface area contributed by atoms with Gasteiger partial charge in [0.2, 0.25) is 0 Å². The van der Waals surface area contributed by atoms with E-state index in [1.165, 1.54) is 11.3 Å². The van der Waals surface area contributed by atoms with Crippen LogP contribution in [0.25, 0.3) is 0 Å². The third-order valence-corrected chi connectivity index (χ3v) is 4.84. The lowest BCUT2D eigenvalue weighted by atomic mass is 10.1. The van der Waals surface area contributed by atoms with Crippen molar-refractivity contribution in [2.75, 3.05) is 5.73 Å². The van der Waals surface area contributed by atoms with Crippen LogP contribution in [0.15, 0.2) is 48.2 Å². The molecular weight excluding hydrogens is 378 g/mol. The minimum absolute atomic E-state index is 0.265. The molecule has 0 radical (unpaired) electrons. The van der Waals surface area contributed by atoms with Gasteiger partial charge in [-0.25, -0.2) is 4.98 Å². The Labute approximate surface area is 170 Å². The summed E-state index contributed by atoms with van der Waals surface area (Å²) in [6.07, 6.45) is 8.77. The first-order valence-electron chi connectivity index (χ1n) is 9.05. The number of hydrogen-bond acceptors (Lipinski definition) is 5. The van der Waals surface area contributed by atoms with Crippen molar-refractivity contribution >= 4 is 34.3 Å². The summed E-state index contributed by atoms with van der Waals surface area (Å²) in [7, 11) is 0. The van der Waals surface area contributed by atoms with Crippen LogP contribution in [0.2, 0.25) is 5.02 Å². The Morgan fingerprint density at radius 2 is 2.11 bits per heavy atom. The summed E-state index contributed by atoms with van der Waals surface area (Å²) in [6.45, 7) is 7.80. The molecular formula is C21H28ClN3OS. The fourth-order valence-electron chi connectivity index (χ4n) is 2.33. The van der Waals surface area contributed by atoms with Crippen molar-refractivity contribution in [3.8, 4) is 0 Å². The fourth-order valence-corrected chi connectivity index (χ4v) is 3.41. The molecule has 0 saturated carbocycles. The van der Waals surface area contributed by atoms with Gasteiger partial charge in [-0.2, -0.15) is 0 Å². The van der Waals surface area contributed by atoms with E-state index in [0.717, 1.165) is 16.9 Å². The number of thiazole rings is 1. The molecule has 0 amide bonds. The molecule has 0 aliphatic heterocycles.